The van der Waals surface area contributed by atoms with Gasteiger partial charge in [0, 0.05) is 11.3 Å². The number of sulfonamides is 1. The van der Waals surface area contributed by atoms with Crippen molar-refractivity contribution >= 4 is 27.5 Å². The van der Waals surface area contributed by atoms with Crippen LogP contribution in [0.2, 0.25) is 0 Å². The van der Waals surface area contributed by atoms with E-state index < -0.39 is 10.0 Å². The third-order valence-electron chi connectivity index (χ3n) is 4.24. The maximum Gasteiger partial charge on any atom is 0.242 e. The highest BCUT2D eigenvalue weighted by molar-refractivity contribution is 8.00. The Hall–Kier alpha value is -0.720. The first-order valence-corrected chi connectivity index (χ1v) is 10.0. The van der Waals surface area contributed by atoms with Crippen LogP contribution in [0.1, 0.15) is 37.7 Å². The van der Waals surface area contributed by atoms with Crippen molar-refractivity contribution in [3.05, 3.63) is 23.8 Å². The molecule has 2 rings (SSSR count). The number of hydrogen-bond acceptors (Lipinski definition) is 4. The molecule has 0 heterocycles. The van der Waals surface area contributed by atoms with Crippen molar-refractivity contribution in [1.82, 2.24) is 4.72 Å². The maximum atomic E-state index is 12.5. The number of rotatable bonds is 5. The number of nitrogens with one attached hydrogen (secondary N) is 1. The summed E-state index contributed by atoms with van der Waals surface area (Å²) >= 11 is 1.78. The molecule has 4 nitrogen and oxygen atoms in total. The molecular formula is C15H24N2O2S2. The number of aryl methyl sites for hydroxylation is 1. The summed E-state index contributed by atoms with van der Waals surface area (Å²) < 4.78 is 27.7. The van der Waals surface area contributed by atoms with Gasteiger partial charge >= 0.3 is 0 Å². The fraction of sp³-hybridized carbons (Fsp3) is 0.600. The zero-order valence-electron chi connectivity index (χ0n) is 12.7. The highest BCUT2D eigenvalue weighted by Gasteiger charge is 2.32. The van der Waals surface area contributed by atoms with Crippen molar-refractivity contribution < 1.29 is 8.42 Å². The molecule has 0 unspecified atom stereocenters. The second-order valence-electron chi connectivity index (χ2n) is 5.81. The van der Waals surface area contributed by atoms with Crippen molar-refractivity contribution in [3.63, 3.8) is 0 Å². The molecule has 6 heteroatoms. The largest absolute Gasteiger partial charge is 0.398 e. The Labute approximate surface area is 131 Å². The summed E-state index contributed by atoms with van der Waals surface area (Å²) in [7, 11) is -3.54. The van der Waals surface area contributed by atoms with E-state index >= 15 is 0 Å². The van der Waals surface area contributed by atoms with Crippen LogP contribution in [0.3, 0.4) is 0 Å². The van der Waals surface area contributed by atoms with E-state index in [2.05, 4.69) is 11.0 Å². The monoisotopic (exact) mass is 328 g/mol. The molecule has 1 saturated carbocycles. The molecular weight excluding hydrogens is 304 g/mol. The SMILES string of the molecule is CSC1(CNS(=O)(=O)c2ccc(C)cc2N)CCCCC1. The maximum absolute atomic E-state index is 12.5. The lowest BCUT2D eigenvalue weighted by atomic mass is 9.88. The summed E-state index contributed by atoms with van der Waals surface area (Å²) in [6, 6.07) is 5.05. The van der Waals surface area contributed by atoms with Crippen LogP contribution in [0.5, 0.6) is 0 Å². The first kappa shape index (κ1) is 16.6. The molecule has 0 amide bonds. The Balaban J connectivity index is 2.13. The lowest BCUT2D eigenvalue weighted by molar-refractivity contribution is 0.395. The minimum Gasteiger partial charge on any atom is -0.398 e. The second-order valence-corrected chi connectivity index (χ2v) is 8.82. The zero-order chi connectivity index (χ0) is 15.5. The summed E-state index contributed by atoms with van der Waals surface area (Å²) in [4.78, 5) is 0.181. The van der Waals surface area contributed by atoms with Crippen LogP contribution in [-0.4, -0.2) is 26.0 Å². The average molecular weight is 329 g/mol. The van der Waals surface area contributed by atoms with E-state index in [1.807, 2.05) is 6.92 Å². The summed E-state index contributed by atoms with van der Waals surface area (Å²) in [5.74, 6) is 0. The molecule has 0 aliphatic heterocycles. The fourth-order valence-corrected chi connectivity index (χ4v) is 5.11. The van der Waals surface area contributed by atoms with Crippen LogP contribution < -0.4 is 10.5 Å². The quantitative estimate of drug-likeness (QED) is 0.815. The normalized spacial score (nSPS) is 18.6. The van der Waals surface area contributed by atoms with E-state index in [4.69, 9.17) is 5.73 Å². The summed E-state index contributed by atoms with van der Waals surface area (Å²) in [5.41, 5.74) is 7.12. The van der Waals surface area contributed by atoms with Crippen molar-refractivity contribution in [2.24, 2.45) is 0 Å². The molecule has 0 aromatic heterocycles. The number of thioether (sulfide) groups is 1. The first-order valence-electron chi connectivity index (χ1n) is 7.29. The Bertz CT molecular complexity index is 594. The van der Waals surface area contributed by atoms with Crippen molar-refractivity contribution in [2.45, 2.75) is 48.7 Å². The van der Waals surface area contributed by atoms with E-state index in [9.17, 15) is 8.42 Å². The van der Waals surface area contributed by atoms with Crippen LogP contribution in [-0.2, 0) is 10.0 Å². The van der Waals surface area contributed by atoms with Crippen molar-refractivity contribution in [2.75, 3.05) is 18.5 Å². The topological polar surface area (TPSA) is 72.2 Å². The van der Waals surface area contributed by atoms with Crippen LogP contribution in [0, 0.1) is 6.92 Å². The number of nitrogens with two attached hydrogens (primary N) is 1. The molecule has 0 saturated heterocycles. The van der Waals surface area contributed by atoms with E-state index in [1.54, 1.807) is 30.0 Å². The number of anilines is 1. The minimum absolute atomic E-state index is 0.0325. The fourth-order valence-electron chi connectivity index (χ4n) is 2.87. The molecule has 0 bridgehead atoms. The summed E-state index contributed by atoms with van der Waals surface area (Å²) in [6.07, 6.45) is 7.81. The van der Waals surface area contributed by atoms with E-state index in [0.717, 1.165) is 18.4 Å². The van der Waals surface area contributed by atoms with Gasteiger partial charge in [0.2, 0.25) is 10.0 Å². The van der Waals surface area contributed by atoms with Gasteiger partial charge in [-0.25, -0.2) is 13.1 Å². The lowest BCUT2D eigenvalue weighted by Gasteiger charge is -2.35. The Morgan fingerprint density at radius 1 is 1.29 bits per heavy atom. The third kappa shape index (κ3) is 3.93. The molecule has 118 valence electrons. The smallest absolute Gasteiger partial charge is 0.242 e. The zero-order valence-corrected chi connectivity index (χ0v) is 14.3. The summed E-state index contributed by atoms with van der Waals surface area (Å²) in [6.45, 7) is 2.37. The van der Waals surface area contributed by atoms with Crippen molar-refractivity contribution in [1.29, 1.82) is 0 Å². The highest BCUT2D eigenvalue weighted by atomic mass is 32.2. The van der Waals surface area contributed by atoms with Gasteiger partial charge in [-0.1, -0.05) is 25.3 Å². The van der Waals surface area contributed by atoms with Crippen LogP contribution >= 0.6 is 11.8 Å². The molecule has 1 aromatic rings. The van der Waals surface area contributed by atoms with Crippen LogP contribution in [0.15, 0.2) is 23.1 Å². The predicted octanol–water partition coefficient (Wildman–Crippen LogP) is 2.92. The molecule has 1 aromatic carbocycles. The average Bonchev–Trinajstić information content (AvgIpc) is 2.46. The van der Waals surface area contributed by atoms with Crippen LogP contribution in [0.25, 0.3) is 0 Å². The molecule has 0 spiro atoms. The Kier molecular flexibility index (Phi) is 5.22. The van der Waals surface area contributed by atoms with Gasteiger partial charge in [-0.15, -0.1) is 0 Å². The van der Waals surface area contributed by atoms with Gasteiger partial charge in [0.15, 0.2) is 0 Å². The van der Waals surface area contributed by atoms with Gasteiger partial charge < -0.3 is 5.73 Å². The number of nitrogen functional groups attached to an aromatic ring is 1. The van der Waals surface area contributed by atoms with E-state index in [0.29, 0.717) is 12.2 Å². The first-order chi connectivity index (χ1) is 9.88. The van der Waals surface area contributed by atoms with Gasteiger partial charge in [-0.05, 0) is 43.7 Å². The number of benzene rings is 1. The lowest BCUT2D eigenvalue weighted by Crippen LogP contribution is -2.41. The van der Waals surface area contributed by atoms with Gasteiger partial charge in [-0.3, -0.25) is 0 Å². The third-order valence-corrected chi connectivity index (χ3v) is 7.13. The standard InChI is InChI=1S/C15H24N2O2S2/c1-12-6-7-14(13(16)10-12)21(18,19)17-11-15(20-2)8-4-3-5-9-15/h6-7,10,17H,3-5,8-9,11,16H2,1-2H3. The highest BCUT2D eigenvalue weighted by Crippen LogP contribution is 2.38. The van der Waals surface area contributed by atoms with Gasteiger partial charge in [0.1, 0.15) is 4.90 Å². The van der Waals surface area contributed by atoms with Crippen LogP contribution in [0.4, 0.5) is 5.69 Å². The Morgan fingerprint density at radius 2 is 1.95 bits per heavy atom. The van der Waals surface area contributed by atoms with Gasteiger partial charge in [0.25, 0.3) is 0 Å². The minimum atomic E-state index is -3.54. The predicted molar refractivity (Wildman–Crippen MR) is 90.1 cm³/mol. The van der Waals surface area contributed by atoms with Crippen molar-refractivity contribution in [3.8, 4) is 0 Å². The molecule has 1 aliphatic rings. The molecule has 1 aliphatic carbocycles. The van der Waals surface area contributed by atoms with E-state index in [-0.39, 0.29) is 9.64 Å². The molecule has 1 fully saturated rings. The van der Waals surface area contributed by atoms with E-state index in [1.165, 1.54) is 19.3 Å². The number of hydrogen-bond donors (Lipinski definition) is 2. The Morgan fingerprint density at radius 3 is 2.52 bits per heavy atom. The summed E-state index contributed by atoms with van der Waals surface area (Å²) in [5, 5.41) is 0. The molecule has 21 heavy (non-hydrogen) atoms. The molecule has 3 N–H and O–H groups in total. The van der Waals surface area contributed by atoms with Gasteiger partial charge in [-0.2, -0.15) is 11.8 Å². The molecule has 0 radical (unpaired) electrons. The molecule has 0 atom stereocenters. The van der Waals surface area contributed by atoms with Gasteiger partial charge in [0.05, 0.1) is 5.69 Å². The second kappa shape index (κ2) is 6.58.